The SMILES string of the molecule is CCc1c(N)n[nH]c1-c1ccc(Cl)cc1C. The molecule has 3 N–H and O–H groups in total. The van der Waals surface area contributed by atoms with E-state index in [-0.39, 0.29) is 0 Å². The van der Waals surface area contributed by atoms with Gasteiger partial charge in [0.25, 0.3) is 0 Å². The second-order valence-corrected chi connectivity index (χ2v) is 4.21. The van der Waals surface area contributed by atoms with Crippen LogP contribution in [0.3, 0.4) is 0 Å². The van der Waals surface area contributed by atoms with Gasteiger partial charge in [0.2, 0.25) is 0 Å². The van der Waals surface area contributed by atoms with Gasteiger partial charge in [0.1, 0.15) is 5.82 Å². The van der Waals surface area contributed by atoms with Crippen LogP contribution in [0.2, 0.25) is 5.02 Å². The molecule has 16 heavy (non-hydrogen) atoms. The molecule has 0 spiro atoms. The molecule has 1 aromatic heterocycles. The number of halogens is 1. The molecule has 4 heteroatoms. The van der Waals surface area contributed by atoms with Crippen molar-refractivity contribution in [3.63, 3.8) is 0 Å². The predicted octanol–water partition coefficient (Wildman–Crippen LogP) is 3.18. The van der Waals surface area contributed by atoms with E-state index in [4.69, 9.17) is 17.3 Å². The highest BCUT2D eigenvalue weighted by Gasteiger charge is 2.12. The van der Waals surface area contributed by atoms with Crippen molar-refractivity contribution in [2.45, 2.75) is 20.3 Å². The number of nitrogens with two attached hydrogens (primary N) is 1. The molecule has 0 aliphatic heterocycles. The molecule has 84 valence electrons. The van der Waals surface area contributed by atoms with Crippen LogP contribution in [-0.4, -0.2) is 10.2 Å². The van der Waals surface area contributed by atoms with E-state index in [1.807, 2.05) is 25.1 Å². The molecule has 2 aromatic rings. The van der Waals surface area contributed by atoms with Crippen LogP contribution in [0.15, 0.2) is 18.2 Å². The van der Waals surface area contributed by atoms with Crippen LogP contribution in [0.4, 0.5) is 5.82 Å². The van der Waals surface area contributed by atoms with Crippen molar-refractivity contribution in [2.24, 2.45) is 0 Å². The number of H-pyrrole nitrogens is 1. The Morgan fingerprint density at radius 1 is 1.44 bits per heavy atom. The number of hydrogen-bond acceptors (Lipinski definition) is 2. The molecular formula is C12H14ClN3. The maximum Gasteiger partial charge on any atom is 0.149 e. The Hall–Kier alpha value is -1.48. The number of nitrogens with zero attached hydrogens (tertiary/aromatic N) is 1. The highest BCUT2D eigenvalue weighted by atomic mass is 35.5. The van der Waals surface area contributed by atoms with Gasteiger partial charge in [0.05, 0.1) is 5.69 Å². The molecule has 0 aliphatic carbocycles. The van der Waals surface area contributed by atoms with Crippen LogP contribution in [-0.2, 0) is 6.42 Å². The normalized spacial score (nSPS) is 10.7. The van der Waals surface area contributed by atoms with Gasteiger partial charge in [-0.1, -0.05) is 24.6 Å². The van der Waals surface area contributed by atoms with Crippen molar-refractivity contribution < 1.29 is 0 Å². The van der Waals surface area contributed by atoms with Gasteiger partial charge < -0.3 is 5.73 Å². The number of nitrogen functional groups attached to an aromatic ring is 1. The van der Waals surface area contributed by atoms with Gasteiger partial charge in [-0.15, -0.1) is 0 Å². The van der Waals surface area contributed by atoms with Gasteiger partial charge in [0.15, 0.2) is 0 Å². The van der Waals surface area contributed by atoms with Gasteiger partial charge in [-0.05, 0) is 31.0 Å². The number of aromatic amines is 1. The molecule has 1 aromatic carbocycles. The van der Waals surface area contributed by atoms with Crippen molar-refractivity contribution in [3.05, 3.63) is 34.3 Å². The molecule has 0 fully saturated rings. The lowest BCUT2D eigenvalue weighted by Crippen LogP contribution is -1.92. The van der Waals surface area contributed by atoms with Crippen molar-refractivity contribution in [2.75, 3.05) is 5.73 Å². The average molecular weight is 236 g/mol. The first-order valence-electron chi connectivity index (χ1n) is 5.22. The van der Waals surface area contributed by atoms with E-state index in [1.165, 1.54) is 0 Å². The summed E-state index contributed by atoms with van der Waals surface area (Å²) in [6.45, 7) is 4.09. The summed E-state index contributed by atoms with van der Waals surface area (Å²) in [5, 5.41) is 7.77. The molecule has 3 nitrogen and oxygen atoms in total. The highest BCUT2D eigenvalue weighted by Crippen LogP contribution is 2.29. The largest absolute Gasteiger partial charge is 0.382 e. The van der Waals surface area contributed by atoms with E-state index in [0.717, 1.165) is 33.8 Å². The first kappa shape index (κ1) is 11.0. The van der Waals surface area contributed by atoms with Crippen LogP contribution in [0.1, 0.15) is 18.1 Å². The number of nitrogens with one attached hydrogen (secondary N) is 1. The maximum absolute atomic E-state index is 5.93. The number of anilines is 1. The smallest absolute Gasteiger partial charge is 0.149 e. The third-order valence-corrected chi connectivity index (χ3v) is 2.95. The molecule has 0 bridgehead atoms. The number of rotatable bonds is 2. The van der Waals surface area contributed by atoms with E-state index in [2.05, 4.69) is 17.1 Å². The molecule has 1 heterocycles. The molecule has 0 unspecified atom stereocenters. The molecule has 0 aliphatic rings. The van der Waals surface area contributed by atoms with Crippen LogP contribution in [0, 0.1) is 6.92 Å². The van der Waals surface area contributed by atoms with E-state index >= 15 is 0 Å². The van der Waals surface area contributed by atoms with Gasteiger partial charge in [-0.3, -0.25) is 5.10 Å². The first-order chi connectivity index (χ1) is 7.63. The Morgan fingerprint density at radius 3 is 2.81 bits per heavy atom. The van der Waals surface area contributed by atoms with Crippen LogP contribution >= 0.6 is 11.6 Å². The first-order valence-corrected chi connectivity index (χ1v) is 5.60. The highest BCUT2D eigenvalue weighted by molar-refractivity contribution is 6.30. The van der Waals surface area contributed by atoms with E-state index in [0.29, 0.717) is 5.82 Å². The zero-order valence-electron chi connectivity index (χ0n) is 9.34. The van der Waals surface area contributed by atoms with Crippen molar-refractivity contribution >= 4 is 17.4 Å². The summed E-state index contributed by atoms with van der Waals surface area (Å²) in [6.07, 6.45) is 0.861. The molecular weight excluding hydrogens is 222 g/mol. The Labute approximate surface area is 99.6 Å². The van der Waals surface area contributed by atoms with Crippen molar-refractivity contribution in [1.82, 2.24) is 10.2 Å². The summed E-state index contributed by atoms with van der Waals surface area (Å²) in [4.78, 5) is 0. The topological polar surface area (TPSA) is 54.7 Å². The average Bonchev–Trinajstić information content (AvgIpc) is 2.59. The van der Waals surface area contributed by atoms with Gasteiger partial charge in [-0.25, -0.2) is 0 Å². The summed E-state index contributed by atoms with van der Waals surface area (Å²) in [6, 6.07) is 5.80. The predicted molar refractivity (Wildman–Crippen MR) is 67.6 cm³/mol. The zero-order chi connectivity index (χ0) is 11.7. The Kier molecular flexibility index (Phi) is 2.88. The van der Waals surface area contributed by atoms with Gasteiger partial charge >= 0.3 is 0 Å². The molecule has 0 atom stereocenters. The lowest BCUT2D eigenvalue weighted by molar-refractivity contribution is 1.10. The molecule has 0 amide bonds. The lowest BCUT2D eigenvalue weighted by Gasteiger charge is -2.06. The van der Waals surface area contributed by atoms with Crippen LogP contribution in [0.5, 0.6) is 0 Å². The standard InChI is InChI=1S/C12H14ClN3/c1-3-9-11(15-16-12(9)14)10-5-4-8(13)6-7(10)2/h4-6H,3H2,1-2H3,(H3,14,15,16). The summed E-state index contributed by atoms with van der Waals surface area (Å²) in [5.41, 5.74) is 10.1. The minimum absolute atomic E-state index is 0.576. The second kappa shape index (κ2) is 4.18. The third kappa shape index (κ3) is 1.78. The fraction of sp³-hybridized carbons (Fsp3) is 0.250. The van der Waals surface area contributed by atoms with Crippen LogP contribution < -0.4 is 5.73 Å². The monoisotopic (exact) mass is 235 g/mol. The Bertz CT molecular complexity index is 517. The number of benzene rings is 1. The van der Waals surface area contributed by atoms with Gasteiger partial charge in [-0.2, -0.15) is 5.10 Å². The summed E-state index contributed by atoms with van der Waals surface area (Å²) in [7, 11) is 0. The number of aryl methyl sites for hydroxylation is 1. The fourth-order valence-electron chi connectivity index (χ4n) is 1.87. The van der Waals surface area contributed by atoms with E-state index in [1.54, 1.807) is 0 Å². The number of hydrogen-bond donors (Lipinski definition) is 2. The molecule has 0 saturated carbocycles. The summed E-state index contributed by atoms with van der Waals surface area (Å²) < 4.78 is 0. The second-order valence-electron chi connectivity index (χ2n) is 3.78. The van der Waals surface area contributed by atoms with Crippen molar-refractivity contribution in [3.8, 4) is 11.3 Å². The van der Waals surface area contributed by atoms with E-state index in [9.17, 15) is 0 Å². The van der Waals surface area contributed by atoms with Crippen molar-refractivity contribution in [1.29, 1.82) is 0 Å². The molecule has 2 rings (SSSR count). The minimum Gasteiger partial charge on any atom is -0.382 e. The summed E-state index contributed by atoms with van der Waals surface area (Å²) >= 11 is 5.93. The Balaban J connectivity index is 2.58. The lowest BCUT2D eigenvalue weighted by atomic mass is 10.0. The third-order valence-electron chi connectivity index (χ3n) is 2.71. The van der Waals surface area contributed by atoms with E-state index < -0.39 is 0 Å². The summed E-state index contributed by atoms with van der Waals surface area (Å²) in [5.74, 6) is 0.576. The van der Waals surface area contributed by atoms with Gasteiger partial charge in [0, 0.05) is 16.1 Å². The molecule has 0 saturated heterocycles. The zero-order valence-corrected chi connectivity index (χ0v) is 10.1. The van der Waals surface area contributed by atoms with Crippen LogP contribution in [0.25, 0.3) is 11.3 Å². The minimum atomic E-state index is 0.576. The quantitative estimate of drug-likeness (QED) is 0.840. The molecule has 0 radical (unpaired) electrons. The maximum atomic E-state index is 5.93. The fourth-order valence-corrected chi connectivity index (χ4v) is 2.09. The number of aromatic nitrogens is 2. The Morgan fingerprint density at radius 2 is 2.19 bits per heavy atom.